The van der Waals surface area contributed by atoms with E-state index in [1.54, 1.807) is 35.8 Å². The maximum atomic E-state index is 10.7. The van der Waals surface area contributed by atoms with E-state index in [1.165, 1.54) is 0 Å². The zero-order valence-corrected chi connectivity index (χ0v) is 8.67. The van der Waals surface area contributed by atoms with Crippen molar-refractivity contribution in [3.8, 4) is 0 Å². The summed E-state index contributed by atoms with van der Waals surface area (Å²) < 4.78 is 1.65. The molecule has 0 saturated carbocycles. The van der Waals surface area contributed by atoms with Crippen LogP contribution < -0.4 is 0 Å². The number of benzene rings is 1. The van der Waals surface area contributed by atoms with Crippen molar-refractivity contribution >= 4 is 22.6 Å². The second-order valence-electron chi connectivity index (χ2n) is 3.57. The Balaban J connectivity index is 2.70. The van der Waals surface area contributed by atoms with E-state index >= 15 is 0 Å². The predicted octanol–water partition coefficient (Wildman–Crippen LogP) is 2.43. The lowest BCUT2D eigenvalue weighted by Crippen LogP contribution is -2.09. The van der Waals surface area contributed by atoms with Gasteiger partial charge in [-0.05, 0) is 30.3 Å². The molecule has 0 unspecified atom stereocenters. The van der Waals surface area contributed by atoms with Crippen LogP contribution in [0.5, 0.6) is 0 Å². The number of rotatable bonds is 3. The topological polar surface area (TPSA) is 71.7 Å². The van der Waals surface area contributed by atoms with Crippen molar-refractivity contribution in [2.45, 2.75) is 13.5 Å². The fraction of sp³-hybridized carbons (Fsp3) is 0.182. The summed E-state index contributed by atoms with van der Waals surface area (Å²) in [6.07, 6.45) is 0. The van der Waals surface area contributed by atoms with Gasteiger partial charge in [-0.1, -0.05) is 6.07 Å². The monoisotopic (exact) mass is 218 g/mol. The van der Waals surface area contributed by atoms with E-state index in [4.69, 9.17) is 5.11 Å². The molecular formula is C11H10N2O3. The minimum atomic E-state index is -0.912. The Morgan fingerprint density at radius 3 is 2.88 bits per heavy atom. The molecule has 0 saturated heterocycles. The van der Waals surface area contributed by atoms with Gasteiger partial charge in [0.2, 0.25) is 0 Å². The van der Waals surface area contributed by atoms with Crippen molar-refractivity contribution < 1.29 is 9.90 Å². The van der Waals surface area contributed by atoms with Crippen LogP contribution in [0.4, 0.5) is 5.69 Å². The highest BCUT2D eigenvalue weighted by Gasteiger charge is 2.11. The second kappa shape index (κ2) is 3.77. The number of aryl methyl sites for hydroxylation is 1. The molecule has 0 aliphatic heterocycles. The Labute approximate surface area is 91.3 Å². The van der Waals surface area contributed by atoms with E-state index in [-0.39, 0.29) is 6.54 Å². The van der Waals surface area contributed by atoms with E-state index in [9.17, 15) is 9.70 Å². The standard InChI is InChI=1S/C11H10N2O3/c1-7-5-8-9(12-16)3-2-4-10(8)13(7)6-11(14)15/h2-5H,6H2,1H3,(H,14,15). The van der Waals surface area contributed by atoms with E-state index < -0.39 is 5.97 Å². The summed E-state index contributed by atoms with van der Waals surface area (Å²) in [5.74, 6) is -0.912. The number of carboxylic acid groups (broad SMARTS) is 1. The smallest absolute Gasteiger partial charge is 0.323 e. The first-order chi connectivity index (χ1) is 7.63. The third-order valence-electron chi connectivity index (χ3n) is 2.52. The van der Waals surface area contributed by atoms with Gasteiger partial charge < -0.3 is 9.67 Å². The number of carbonyl (C=O) groups is 1. The predicted molar refractivity (Wildman–Crippen MR) is 59.8 cm³/mol. The van der Waals surface area contributed by atoms with Crippen LogP contribution in [0.2, 0.25) is 0 Å². The lowest BCUT2D eigenvalue weighted by atomic mass is 10.2. The molecule has 2 rings (SSSR count). The maximum absolute atomic E-state index is 10.7. The van der Waals surface area contributed by atoms with Crippen LogP contribution in [0.1, 0.15) is 5.69 Å². The minimum absolute atomic E-state index is 0.113. The van der Waals surface area contributed by atoms with Crippen molar-refractivity contribution in [2.75, 3.05) is 0 Å². The molecule has 0 amide bonds. The van der Waals surface area contributed by atoms with Gasteiger partial charge in [0, 0.05) is 11.1 Å². The van der Waals surface area contributed by atoms with Crippen LogP contribution in [0.25, 0.3) is 10.9 Å². The average Bonchev–Trinajstić information content (AvgIpc) is 2.55. The third-order valence-corrected chi connectivity index (χ3v) is 2.52. The Morgan fingerprint density at radius 1 is 1.50 bits per heavy atom. The maximum Gasteiger partial charge on any atom is 0.323 e. The summed E-state index contributed by atoms with van der Waals surface area (Å²) in [4.78, 5) is 21.3. The van der Waals surface area contributed by atoms with Gasteiger partial charge in [0.05, 0.1) is 5.52 Å². The molecule has 0 fully saturated rings. The number of hydrogen-bond acceptors (Lipinski definition) is 3. The first-order valence-corrected chi connectivity index (χ1v) is 4.77. The molecule has 0 atom stereocenters. The molecule has 1 aromatic carbocycles. The van der Waals surface area contributed by atoms with Gasteiger partial charge in [-0.25, -0.2) is 0 Å². The van der Waals surface area contributed by atoms with Gasteiger partial charge in [-0.2, -0.15) is 0 Å². The Morgan fingerprint density at radius 2 is 2.25 bits per heavy atom. The quantitative estimate of drug-likeness (QED) is 0.804. The largest absolute Gasteiger partial charge is 0.480 e. The second-order valence-corrected chi connectivity index (χ2v) is 3.57. The Kier molecular flexibility index (Phi) is 2.44. The summed E-state index contributed by atoms with van der Waals surface area (Å²) in [6, 6.07) is 6.85. The van der Waals surface area contributed by atoms with Crippen LogP contribution in [0.3, 0.4) is 0 Å². The van der Waals surface area contributed by atoms with Crippen molar-refractivity contribution in [1.82, 2.24) is 4.57 Å². The number of aliphatic carboxylic acids is 1. The first kappa shape index (κ1) is 10.4. The van der Waals surface area contributed by atoms with Gasteiger partial charge in [0.25, 0.3) is 0 Å². The number of hydrogen-bond donors (Lipinski definition) is 1. The molecule has 1 aromatic heterocycles. The highest BCUT2D eigenvalue weighted by Crippen LogP contribution is 2.28. The molecule has 5 heteroatoms. The molecule has 0 aliphatic carbocycles. The van der Waals surface area contributed by atoms with E-state index in [0.717, 1.165) is 11.2 Å². The fourth-order valence-corrected chi connectivity index (χ4v) is 1.83. The van der Waals surface area contributed by atoms with Gasteiger partial charge >= 0.3 is 5.97 Å². The number of nitroso groups, excluding NO2 is 1. The summed E-state index contributed by atoms with van der Waals surface area (Å²) in [5.41, 5.74) is 1.86. The molecule has 2 aromatic rings. The molecule has 5 nitrogen and oxygen atoms in total. The fourth-order valence-electron chi connectivity index (χ4n) is 1.83. The zero-order valence-electron chi connectivity index (χ0n) is 8.67. The van der Waals surface area contributed by atoms with E-state index in [0.29, 0.717) is 11.1 Å². The molecule has 0 bridgehead atoms. The normalized spacial score (nSPS) is 10.6. The van der Waals surface area contributed by atoms with Crippen LogP contribution in [0.15, 0.2) is 29.4 Å². The van der Waals surface area contributed by atoms with Gasteiger partial charge in [-0.3, -0.25) is 4.79 Å². The molecule has 16 heavy (non-hydrogen) atoms. The first-order valence-electron chi connectivity index (χ1n) is 4.77. The molecule has 1 N–H and O–H groups in total. The lowest BCUT2D eigenvalue weighted by molar-refractivity contribution is -0.137. The Bertz CT molecular complexity index is 572. The van der Waals surface area contributed by atoms with E-state index in [1.807, 2.05) is 0 Å². The molecule has 0 aliphatic rings. The van der Waals surface area contributed by atoms with Gasteiger partial charge in [-0.15, -0.1) is 4.91 Å². The number of carboxylic acids is 1. The SMILES string of the molecule is Cc1cc2c(N=O)cccc2n1CC(=O)O. The zero-order chi connectivity index (χ0) is 11.7. The highest BCUT2D eigenvalue weighted by molar-refractivity contribution is 5.92. The average molecular weight is 218 g/mol. The molecular weight excluding hydrogens is 208 g/mol. The van der Waals surface area contributed by atoms with Crippen molar-refractivity contribution in [2.24, 2.45) is 5.18 Å². The van der Waals surface area contributed by atoms with Crippen molar-refractivity contribution in [3.05, 3.63) is 34.9 Å². The number of aromatic nitrogens is 1. The Hall–Kier alpha value is -2.17. The summed E-state index contributed by atoms with van der Waals surface area (Å²) in [6.45, 7) is 1.69. The number of fused-ring (bicyclic) bond motifs is 1. The summed E-state index contributed by atoms with van der Waals surface area (Å²) in [7, 11) is 0. The van der Waals surface area contributed by atoms with E-state index in [2.05, 4.69) is 5.18 Å². The number of nitrogens with zero attached hydrogens (tertiary/aromatic N) is 2. The summed E-state index contributed by atoms with van der Waals surface area (Å²) in [5, 5.41) is 12.4. The van der Waals surface area contributed by atoms with Crippen LogP contribution >= 0.6 is 0 Å². The van der Waals surface area contributed by atoms with Crippen LogP contribution in [-0.4, -0.2) is 15.6 Å². The lowest BCUT2D eigenvalue weighted by Gasteiger charge is -2.03. The third kappa shape index (κ3) is 1.56. The van der Waals surface area contributed by atoms with Gasteiger partial charge in [0.15, 0.2) is 0 Å². The molecule has 0 spiro atoms. The van der Waals surface area contributed by atoms with Crippen molar-refractivity contribution in [1.29, 1.82) is 0 Å². The highest BCUT2D eigenvalue weighted by atomic mass is 16.4. The van der Waals surface area contributed by atoms with Crippen molar-refractivity contribution in [3.63, 3.8) is 0 Å². The summed E-state index contributed by atoms with van der Waals surface area (Å²) >= 11 is 0. The van der Waals surface area contributed by atoms with Crippen LogP contribution in [-0.2, 0) is 11.3 Å². The molecule has 82 valence electrons. The molecule has 1 heterocycles. The minimum Gasteiger partial charge on any atom is -0.480 e. The molecule has 0 radical (unpaired) electrons. The van der Waals surface area contributed by atoms with Crippen LogP contribution in [0, 0.1) is 11.8 Å². The van der Waals surface area contributed by atoms with Gasteiger partial charge in [0.1, 0.15) is 12.2 Å².